The maximum atomic E-state index is 11.9. The van der Waals surface area contributed by atoms with Crippen LogP contribution in [0, 0.1) is 0 Å². The second-order valence-electron chi connectivity index (χ2n) is 5.64. The van der Waals surface area contributed by atoms with Crippen LogP contribution >= 0.6 is 0 Å². The van der Waals surface area contributed by atoms with Crippen molar-refractivity contribution < 1.29 is 14.3 Å². The van der Waals surface area contributed by atoms with E-state index in [0.29, 0.717) is 51.4 Å². The van der Waals surface area contributed by atoms with Crippen LogP contribution in [0.4, 0.5) is 4.79 Å². The van der Waals surface area contributed by atoms with E-state index in [-0.39, 0.29) is 12.0 Å². The minimum Gasteiger partial charge on any atom is -0.450 e. The minimum absolute atomic E-state index is 0.155. The van der Waals surface area contributed by atoms with Crippen molar-refractivity contribution in [1.29, 1.82) is 0 Å². The molecule has 2 amide bonds. The highest BCUT2D eigenvalue weighted by molar-refractivity contribution is 5.93. The van der Waals surface area contributed by atoms with Gasteiger partial charge >= 0.3 is 6.09 Å². The first-order valence-corrected chi connectivity index (χ1v) is 8.71. The molecule has 1 aliphatic rings. The highest BCUT2D eigenvalue weighted by atomic mass is 16.6. The van der Waals surface area contributed by atoms with Gasteiger partial charge in [-0.3, -0.25) is 14.8 Å². The first-order valence-electron chi connectivity index (χ1n) is 8.71. The molecule has 0 spiro atoms. The molecule has 2 heterocycles. The lowest BCUT2D eigenvalue weighted by Gasteiger charge is -2.35. The molecule has 0 radical (unpaired) electrons. The zero-order valence-electron chi connectivity index (χ0n) is 15.3. The zero-order chi connectivity index (χ0) is 18.8. The third-order valence-corrected chi connectivity index (χ3v) is 3.93. The molecule has 2 rings (SSSR count). The number of ether oxygens (including phenoxy) is 1. The molecule has 1 saturated heterocycles. The molecule has 0 bridgehead atoms. The van der Waals surface area contributed by atoms with E-state index in [9.17, 15) is 9.59 Å². The number of amides is 2. The summed E-state index contributed by atoms with van der Waals surface area (Å²) in [7, 11) is 1.72. The fourth-order valence-electron chi connectivity index (χ4n) is 2.60. The summed E-state index contributed by atoms with van der Waals surface area (Å²) in [6, 6.07) is 3.45. The second kappa shape index (κ2) is 10.2. The van der Waals surface area contributed by atoms with Crippen LogP contribution in [0.2, 0.25) is 0 Å². The number of pyridine rings is 1. The van der Waals surface area contributed by atoms with E-state index in [1.54, 1.807) is 37.2 Å². The molecule has 9 nitrogen and oxygen atoms in total. The summed E-state index contributed by atoms with van der Waals surface area (Å²) < 4.78 is 5.02. The summed E-state index contributed by atoms with van der Waals surface area (Å²) in [5.74, 6) is 0.599. The number of rotatable bonds is 5. The Morgan fingerprint density at radius 1 is 1.19 bits per heavy atom. The predicted molar refractivity (Wildman–Crippen MR) is 98.1 cm³/mol. The number of aromatic nitrogens is 1. The Bertz CT molecular complexity index is 614. The van der Waals surface area contributed by atoms with Crippen molar-refractivity contribution >= 4 is 18.0 Å². The van der Waals surface area contributed by atoms with Crippen molar-refractivity contribution in [3.63, 3.8) is 0 Å². The Kier molecular flexibility index (Phi) is 7.66. The Labute approximate surface area is 153 Å². The molecule has 0 atom stereocenters. The van der Waals surface area contributed by atoms with Gasteiger partial charge in [-0.1, -0.05) is 0 Å². The van der Waals surface area contributed by atoms with Crippen LogP contribution in [0.5, 0.6) is 0 Å². The number of guanidine groups is 1. The van der Waals surface area contributed by atoms with Gasteiger partial charge in [-0.15, -0.1) is 0 Å². The average molecular weight is 362 g/mol. The Morgan fingerprint density at radius 2 is 1.88 bits per heavy atom. The lowest BCUT2D eigenvalue weighted by Crippen LogP contribution is -2.54. The van der Waals surface area contributed by atoms with Crippen molar-refractivity contribution in [2.45, 2.75) is 6.92 Å². The molecular formula is C17H26N6O3. The Hall–Kier alpha value is -2.84. The fraction of sp³-hybridized carbons (Fsp3) is 0.529. The fourth-order valence-corrected chi connectivity index (χ4v) is 2.60. The van der Waals surface area contributed by atoms with Crippen molar-refractivity contribution in [2.75, 3.05) is 52.9 Å². The molecule has 0 saturated carbocycles. The van der Waals surface area contributed by atoms with Gasteiger partial charge in [-0.25, -0.2) is 4.79 Å². The van der Waals surface area contributed by atoms with E-state index in [2.05, 4.69) is 25.5 Å². The summed E-state index contributed by atoms with van der Waals surface area (Å²) in [5.41, 5.74) is 0.534. The van der Waals surface area contributed by atoms with Crippen LogP contribution in [0.25, 0.3) is 0 Å². The number of nitrogens with zero attached hydrogens (tertiary/aromatic N) is 4. The maximum absolute atomic E-state index is 11.9. The monoisotopic (exact) mass is 362 g/mol. The summed E-state index contributed by atoms with van der Waals surface area (Å²) in [6.45, 7) is 5.75. The van der Waals surface area contributed by atoms with Crippen molar-refractivity contribution in [3.8, 4) is 0 Å². The van der Waals surface area contributed by atoms with Crippen LogP contribution in [0.3, 0.4) is 0 Å². The molecule has 1 aliphatic heterocycles. The van der Waals surface area contributed by atoms with Crippen LogP contribution < -0.4 is 10.6 Å². The molecule has 1 aromatic heterocycles. The smallest absolute Gasteiger partial charge is 0.409 e. The summed E-state index contributed by atoms with van der Waals surface area (Å²) in [6.07, 6.45) is 2.89. The van der Waals surface area contributed by atoms with E-state index in [1.807, 2.05) is 0 Å². The largest absolute Gasteiger partial charge is 0.450 e. The standard InChI is InChI=1S/C17H26N6O3/c1-3-26-17(25)23-11-9-22(10-12-23)16(18-2)21-8-7-20-15(24)14-5-4-6-19-13-14/h4-6,13H,3,7-12H2,1-2H3,(H,18,21)(H,20,24). The SMILES string of the molecule is CCOC(=O)N1CCN(C(=NC)NCCNC(=O)c2cccnc2)CC1. The average Bonchev–Trinajstić information content (AvgIpc) is 2.69. The van der Waals surface area contributed by atoms with Crippen LogP contribution in [0.15, 0.2) is 29.5 Å². The summed E-state index contributed by atoms with van der Waals surface area (Å²) >= 11 is 0. The zero-order valence-corrected chi connectivity index (χ0v) is 15.3. The molecule has 26 heavy (non-hydrogen) atoms. The second-order valence-corrected chi connectivity index (χ2v) is 5.64. The Morgan fingerprint density at radius 3 is 2.50 bits per heavy atom. The van der Waals surface area contributed by atoms with Gasteiger partial charge in [-0.2, -0.15) is 0 Å². The third kappa shape index (κ3) is 5.61. The number of carbonyl (C=O) groups is 2. The number of aliphatic imine (C=N–C) groups is 1. The predicted octanol–water partition coefficient (Wildman–Crippen LogP) is 0.161. The number of carbonyl (C=O) groups excluding carboxylic acids is 2. The molecule has 9 heteroatoms. The van der Waals surface area contributed by atoms with Gasteiger partial charge in [0.15, 0.2) is 5.96 Å². The van der Waals surface area contributed by atoms with Crippen molar-refractivity contribution in [3.05, 3.63) is 30.1 Å². The summed E-state index contributed by atoms with van der Waals surface area (Å²) in [5, 5.41) is 6.06. The van der Waals surface area contributed by atoms with E-state index in [4.69, 9.17) is 4.74 Å². The van der Waals surface area contributed by atoms with E-state index >= 15 is 0 Å². The summed E-state index contributed by atoms with van der Waals surface area (Å²) in [4.78, 5) is 35.6. The van der Waals surface area contributed by atoms with E-state index in [0.717, 1.165) is 5.96 Å². The van der Waals surface area contributed by atoms with E-state index in [1.165, 1.54) is 6.20 Å². The van der Waals surface area contributed by atoms with Crippen molar-refractivity contribution in [1.82, 2.24) is 25.4 Å². The van der Waals surface area contributed by atoms with Crippen LogP contribution in [-0.4, -0.2) is 85.7 Å². The molecule has 0 aromatic carbocycles. The molecule has 142 valence electrons. The minimum atomic E-state index is -0.270. The Balaban J connectivity index is 1.70. The van der Waals surface area contributed by atoms with E-state index < -0.39 is 0 Å². The van der Waals surface area contributed by atoms with Crippen LogP contribution in [-0.2, 0) is 4.74 Å². The van der Waals surface area contributed by atoms with Gasteiger partial charge < -0.3 is 25.2 Å². The van der Waals surface area contributed by atoms with Gasteiger partial charge in [0.05, 0.1) is 12.2 Å². The van der Waals surface area contributed by atoms with Crippen molar-refractivity contribution in [2.24, 2.45) is 4.99 Å². The number of hydrogen-bond acceptors (Lipinski definition) is 5. The van der Waals surface area contributed by atoms with Gasteiger partial charge in [-0.05, 0) is 19.1 Å². The lowest BCUT2D eigenvalue weighted by atomic mass is 10.3. The molecular weight excluding hydrogens is 336 g/mol. The van der Waals surface area contributed by atoms with Gasteiger partial charge in [0.1, 0.15) is 0 Å². The highest BCUT2D eigenvalue weighted by Crippen LogP contribution is 2.04. The number of nitrogens with one attached hydrogen (secondary N) is 2. The third-order valence-electron chi connectivity index (χ3n) is 3.93. The first kappa shape index (κ1) is 19.5. The molecule has 1 aromatic rings. The lowest BCUT2D eigenvalue weighted by molar-refractivity contribution is 0.0914. The topological polar surface area (TPSA) is 99.2 Å². The normalized spacial score (nSPS) is 14.8. The van der Waals surface area contributed by atoms with Gasteiger partial charge in [0.2, 0.25) is 0 Å². The number of hydrogen-bond donors (Lipinski definition) is 2. The molecule has 0 aliphatic carbocycles. The van der Waals surface area contributed by atoms with Gasteiger partial charge in [0.25, 0.3) is 5.91 Å². The number of piperazine rings is 1. The first-order chi connectivity index (χ1) is 12.7. The quantitative estimate of drug-likeness (QED) is 0.440. The molecule has 1 fully saturated rings. The highest BCUT2D eigenvalue weighted by Gasteiger charge is 2.23. The molecule has 0 unspecified atom stereocenters. The maximum Gasteiger partial charge on any atom is 0.409 e. The molecule has 2 N–H and O–H groups in total. The van der Waals surface area contributed by atoms with Crippen LogP contribution in [0.1, 0.15) is 17.3 Å². The van der Waals surface area contributed by atoms with Gasteiger partial charge in [0, 0.05) is 58.7 Å².